The average molecular weight is 185 g/mol. The van der Waals surface area contributed by atoms with Crippen molar-refractivity contribution in [2.45, 2.75) is 38.7 Å². The number of carbonyl (C=O) groups excluding carboxylic acids is 1. The maximum absolute atomic E-state index is 11.1. The average Bonchev–Trinajstić information content (AvgIpc) is 2.18. The first-order valence-electron chi connectivity index (χ1n) is 5.15. The van der Waals surface area contributed by atoms with Gasteiger partial charge in [-0.05, 0) is 38.3 Å². The molecule has 1 aliphatic rings. The highest BCUT2D eigenvalue weighted by atomic mass is 16.3. The molecule has 1 saturated heterocycles. The molecule has 1 heterocycles. The lowest BCUT2D eigenvalue weighted by atomic mass is 9.92. The molecule has 0 spiro atoms. The van der Waals surface area contributed by atoms with E-state index in [1.807, 2.05) is 0 Å². The standard InChI is InChI=1S/C10H19NO2/c1-2-9(12)10(13)6-8-4-3-5-11-7-8/h8,10-11,13H,2-7H2,1H3. The quantitative estimate of drug-likeness (QED) is 0.678. The van der Waals surface area contributed by atoms with Gasteiger partial charge in [0.05, 0.1) is 0 Å². The number of ketones is 1. The van der Waals surface area contributed by atoms with Gasteiger partial charge < -0.3 is 10.4 Å². The molecule has 13 heavy (non-hydrogen) atoms. The van der Waals surface area contributed by atoms with Crippen LogP contribution in [-0.2, 0) is 4.79 Å². The summed E-state index contributed by atoms with van der Waals surface area (Å²) in [6.07, 6.45) is 2.66. The molecule has 0 aromatic rings. The zero-order valence-corrected chi connectivity index (χ0v) is 8.25. The summed E-state index contributed by atoms with van der Waals surface area (Å²) in [5.74, 6) is 0.463. The third-order valence-electron chi connectivity index (χ3n) is 2.68. The lowest BCUT2D eigenvalue weighted by Gasteiger charge is -2.24. The van der Waals surface area contributed by atoms with Crippen molar-refractivity contribution < 1.29 is 9.90 Å². The molecule has 1 aliphatic heterocycles. The fraction of sp³-hybridized carbons (Fsp3) is 0.900. The Kier molecular flexibility index (Phi) is 4.39. The Balaban J connectivity index is 2.25. The minimum Gasteiger partial charge on any atom is -0.385 e. The normalized spacial score (nSPS) is 25.5. The van der Waals surface area contributed by atoms with Gasteiger partial charge in [0.2, 0.25) is 0 Å². The second-order valence-electron chi connectivity index (χ2n) is 3.78. The Morgan fingerprint density at radius 1 is 1.69 bits per heavy atom. The Morgan fingerprint density at radius 2 is 2.46 bits per heavy atom. The summed E-state index contributed by atoms with van der Waals surface area (Å²) in [7, 11) is 0. The highest BCUT2D eigenvalue weighted by molar-refractivity contribution is 5.82. The first-order valence-corrected chi connectivity index (χ1v) is 5.15. The van der Waals surface area contributed by atoms with Crippen molar-refractivity contribution in [3.8, 4) is 0 Å². The Hall–Kier alpha value is -0.410. The van der Waals surface area contributed by atoms with Crippen molar-refractivity contribution in [2.24, 2.45) is 5.92 Å². The zero-order chi connectivity index (χ0) is 9.68. The van der Waals surface area contributed by atoms with Crippen LogP contribution in [0.3, 0.4) is 0 Å². The second kappa shape index (κ2) is 5.35. The monoisotopic (exact) mass is 185 g/mol. The lowest BCUT2D eigenvalue weighted by Crippen LogP contribution is -2.33. The van der Waals surface area contributed by atoms with E-state index in [9.17, 15) is 9.90 Å². The zero-order valence-electron chi connectivity index (χ0n) is 8.25. The van der Waals surface area contributed by atoms with Crippen molar-refractivity contribution in [2.75, 3.05) is 13.1 Å². The molecule has 0 aromatic heterocycles. The molecule has 1 rings (SSSR count). The molecule has 0 aromatic carbocycles. The van der Waals surface area contributed by atoms with Crippen LogP contribution in [0.15, 0.2) is 0 Å². The SMILES string of the molecule is CCC(=O)C(O)CC1CCCNC1. The minimum atomic E-state index is -0.727. The highest BCUT2D eigenvalue weighted by Crippen LogP contribution is 2.16. The van der Waals surface area contributed by atoms with E-state index in [1.54, 1.807) is 6.92 Å². The predicted molar refractivity (Wildman–Crippen MR) is 51.5 cm³/mol. The van der Waals surface area contributed by atoms with Gasteiger partial charge in [-0.3, -0.25) is 4.79 Å². The number of rotatable bonds is 4. The minimum absolute atomic E-state index is 0.0226. The molecule has 76 valence electrons. The van der Waals surface area contributed by atoms with Gasteiger partial charge >= 0.3 is 0 Å². The van der Waals surface area contributed by atoms with Crippen molar-refractivity contribution in [1.29, 1.82) is 0 Å². The first-order chi connectivity index (χ1) is 6.24. The molecule has 0 amide bonds. The van der Waals surface area contributed by atoms with Crippen LogP contribution in [0.25, 0.3) is 0 Å². The number of piperidine rings is 1. The molecule has 0 radical (unpaired) electrons. The summed E-state index contributed by atoms with van der Waals surface area (Å²) in [6, 6.07) is 0. The van der Waals surface area contributed by atoms with E-state index >= 15 is 0 Å². The third-order valence-corrected chi connectivity index (χ3v) is 2.68. The number of aliphatic hydroxyl groups is 1. The summed E-state index contributed by atoms with van der Waals surface area (Å²) >= 11 is 0. The summed E-state index contributed by atoms with van der Waals surface area (Å²) < 4.78 is 0. The molecular weight excluding hydrogens is 166 g/mol. The molecule has 1 fully saturated rings. The number of nitrogens with one attached hydrogen (secondary N) is 1. The molecule has 2 atom stereocenters. The maximum Gasteiger partial charge on any atom is 0.160 e. The van der Waals surface area contributed by atoms with Gasteiger partial charge in [-0.15, -0.1) is 0 Å². The van der Waals surface area contributed by atoms with Crippen molar-refractivity contribution >= 4 is 5.78 Å². The largest absolute Gasteiger partial charge is 0.385 e. The van der Waals surface area contributed by atoms with E-state index in [1.165, 1.54) is 0 Å². The van der Waals surface area contributed by atoms with E-state index < -0.39 is 6.10 Å². The van der Waals surface area contributed by atoms with Gasteiger partial charge in [-0.25, -0.2) is 0 Å². The number of hydrogen-bond donors (Lipinski definition) is 2. The first kappa shape index (κ1) is 10.7. The number of Topliss-reactive ketones (excluding diaryl/α,β-unsaturated/α-hetero) is 1. The fourth-order valence-corrected chi connectivity index (χ4v) is 1.81. The topological polar surface area (TPSA) is 49.3 Å². The Morgan fingerprint density at radius 3 is 3.00 bits per heavy atom. The molecular formula is C10H19NO2. The Bertz CT molecular complexity index is 164. The predicted octanol–water partition coefficient (Wildman–Crippen LogP) is 0.716. The third kappa shape index (κ3) is 3.44. The van der Waals surface area contributed by atoms with Crippen LogP contribution in [0, 0.1) is 5.92 Å². The molecule has 0 saturated carbocycles. The lowest BCUT2D eigenvalue weighted by molar-refractivity contribution is -0.127. The van der Waals surface area contributed by atoms with Crippen LogP contribution in [0.5, 0.6) is 0 Å². The number of aliphatic hydroxyl groups excluding tert-OH is 1. The highest BCUT2D eigenvalue weighted by Gasteiger charge is 2.20. The molecule has 2 N–H and O–H groups in total. The maximum atomic E-state index is 11.1. The molecule has 0 aliphatic carbocycles. The van der Waals surface area contributed by atoms with Crippen molar-refractivity contribution in [1.82, 2.24) is 5.32 Å². The van der Waals surface area contributed by atoms with E-state index in [-0.39, 0.29) is 5.78 Å². The van der Waals surface area contributed by atoms with Crippen LogP contribution in [0.2, 0.25) is 0 Å². The summed E-state index contributed by atoms with van der Waals surface area (Å²) in [5.41, 5.74) is 0. The van der Waals surface area contributed by atoms with Crippen molar-refractivity contribution in [3.63, 3.8) is 0 Å². The van der Waals surface area contributed by atoms with E-state index in [4.69, 9.17) is 0 Å². The second-order valence-corrected chi connectivity index (χ2v) is 3.78. The Labute approximate surface area is 79.5 Å². The molecule has 2 unspecified atom stereocenters. The summed E-state index contributed by atoms with van der Waals surface area (Å²) in [5, 5.41) is 12.8. The van der Waals surface area contributed by atoms with Gasteiger partial charge in [0.15, 0.2) is 5.78 Å². The van der Waals surface area contributed by atoms with Crippen LogP contribution in [0.1, 0.15) is 32.6 Å². The smallest absolute Gasteiger partial charge is 0.160 e. The number of carbonyl (C=O) groups is 1. The van der Waals surface area contributed by atoms with Crippen LogP contribution < -0.4 is 5.32 Å². The summed E-state index contributed by atoms with van der Waals surface area (Å²) in [6.45, 7) is 3.83. The molecule has 3 nitrogen and oxygen atoms in total. The van der Waals surface area contributed by atoms with Gasteiger partial charge in [-0.2, -0.15) is 0 Å². The molecule has 0 bridgehead atoms. The van der Waals surface area contributed by atoms with Gasteiger partial charge in [0.25, 0.3) is 0 Å². The van der Waals surface area contributed by atoms with Gasteiger partial charge in [0, 0.05) is 6.42 Å². The van der Waals surface area contributed by atoms with Crippen LogP contribution >= 0.6 is 0 Å². The molecule has 3 heteroatoms. The van der Waals surface area contributed by atoms with Gasteiger partial charge in [0.1, 0.15) is 6.10 Å². The van der Waals surface area contributed by atoms with Crippen molar-refractivity contribution in [3.05, 3.63) is 0 Å². The summed E-state index contributed by atoms with van der Waals surface area (Å²) in [4.78, 5) is 11.1. The van der Waals surface area contributed by atoms with Gasteiger partial charge in [-0.1, -0.05) is 6.92 Å². The van der Waals surface area contributed by atoms with Crippen LogP contribution in [0.4, 0.5) is 0 Å². The van der Waals surface area contributed by atoms with E-state index in [0.717, 1.165) is 25.9 Å². The van der Waals surface area contributed by atoms with E-state index in [0.29, 0.717) is 18.8 Å². The van der Waals surface area contributed by atoms with Crippen LogP contribution in [-0.4, -0.2) is 30.1 Å². The fourth-order valence-electron chi connectivity index (χ4n) is 1.81. The number of hydrogen-bond acceptors (Lipinski definition) is 3. The van der Waals surface area contributed by atoms with E-state index in [2.05, 4.69) is 5.32 Å².